The maximum absolute atomic E-state index is 11.7. The molecule has 2 atom stereocenters. The largest absolute Gasteiger partial charge is 0.370 e. The van der Waals surface area contributed by atoms with E-state index in [2.05, 4.69) is 27.2 Å². The summed E-state index contributed by atoms with van der Waals surface area (Å²) < 4.78 is 0. The van der Waals surface area contributed by atoms with E-state index in [0.29, 0.717) is 6.04 Å². The Morgan fingerprint density at radius 2 is 2.05 bits per heavy atom. The molecule has 0 saturated carbocycles. The summed E-state index contributed by atoms with van der Waals surface area (Å²) in [6, 6.07) is 6.39. The predicted octanol–water partition coefficient (Wildman–Crippen LogP) is 1.31. The van der Waals surface area contributed by atoms with Crippen LogP contribution in [0.15, 0.2) is 18.2 Å². The van der Waals surface area contributed by atoms with Crippen LogP contribution >= 0.6 is 0 Å². The van der Waals surface area contributed by atoms with Gasteiger partial charge in [0, 0.05) is 42.6 Å². The summed E-state index contributed by atoms with van der Waals surface area (Å²) in [6.45, 7) is 4.66. The van der Waals surface area contributed by atoms with E-state index in [9.17, 15) is 4.79 Å². The van der Waals surface area contributed by atoms with E-state index in [0.717, 1.165) is 24.3 Å². The Kier molecular flexibility index (Phi) is 3.12. The Bertz CT molecular complexity index is 573. The SMILES string of the molecule is NC1C(=O)Nc2cc(N3CCCN4CCCC4C3)ccc21. The molecular weight excluding hydrogens is 264 g/mol. The highest BCUT2D eigenvalue weighted by molar-refractivity contribution is 6.02. The summed E-state index contributed by atoms with van der Waals surface area (Å²) in [7, 11) is 0. The molecule has 5 nitrogen and oxygen atoms in total. The summed E-state index contributed by atoms with van der Waals surface area (Å²) in [6.07, 6.45) is 3.84. The van der Waals surface area contributed by atoms with Crippen molar-refractivity contribution in [3.63, 3.8) is 0 Å². The first-order valence-corrected chi connectivity index (χ1v) is 7.92. The first-order chi connectivity index (χ1) is 10.2. The number of fused-ring (bicyclic) bond motifs is 2. The van der Waals surface area contributed by atoms with Crippen LogP contribution in [0.1, 0.15) is 30.9 Å². The highest BCUT2D eigenvalue weighted by Crippen LogP contribution is 2.34. The van der Waals surface area contributed by atoms with E-state index in [4.69, 9.17) is 5.73 Å². The van der Waals surface area contributed by atoms with Crippen molar-refractivity contribution in [2.24, 2.45) is 5.73 Å². The summed E-state index contributed by atoms with van der Waals surface area (Å²) in [5.74, 6) is -0.0972. The molecule has 2 fully saturated rings. The fourth-order valence-electron chi connectivity index (χ4n) is 3.91. The normalized spacial score (nSPS) is 29.0. The number of carbonyl (C=O) groups excluding carboxylic acids is 1. The molecule has 21 heavy (non-hydrogen) atoms. The van der Waals surface area contributed by atoms with Crippen LogP contribution in [0.5, 0.6) is 0 Å². The van der Waals surface area contributed by atoms with Crippen LogP contribution in [0.4, 0.5) is 11.4 Å². The van der Waals surface area contributed by atoms with Crippen LogP contribution in [-0.4, -0.2) is 43.0 Å². The maximum Gasteiger partial charge on any atom is 0.245 e. The lowest BCUT2D eigenvalue weighted by atomic mass is 10.1. The minimum Gasteiger partial charge on any atom is -0.370 e. The topological polar surface area (TPSA) is 61.6 Å². The van der Waals surface area contributed by atoms with Gasteiger partial charge in [0.25, 0.3) is 0 Å². The monoisotopic (exact) mass is 286 g/mol. The van der Waals surface area contributed by atoms with Crippen LogP contribution in [-0.2, 0) is 4.79 Å². The Balaban J connectivity index is 1.59. The molecule has 2 saturated heterocycles. The second-order valence-electron chi connectivity index (χ2n) is 6.37. The lowest BCUT2D eigenvalue weighted by Gasteiger charge is -2.27. The smallest absolute Gasteiger partial charge is 0.245 e. The van der Waals surface area contributed by atoms with Gasteiger partial charge in [-0.2, -0.15) is 0 Å². The zero-order chi connectivity index (χ0) is 14.4. The predicted molar refractivity (Wildman–Crippen MR) is 83.4 cm³/mol. The molecule has 5 heteroatoms. The lowest BCUT2D eigenvalue weighted by molar-refractivity contribution is -0.116. The van der Waals surface area contributed by atoms with Crippen molar-refractivity contribution in [1.29, 1.82) is 0 Å². The summed E-state index contributed by atoms with van der Waals surface area (Å²) >= 11 is 0. The molecular formula is C16H22N4O. The van der Waals surface area contributed by atoms with Gasteiger partial charge in [-0.1, -0.05) is 6.07 Å². The third-order valence-electron chi connectivity index (χ3n) is 5.08. The van der Waals surface area contributed by atoms with Crippen molar-refractivity contribution in [2.75, 3.05) is 36.4 Å². The van der Waals surface area contributed by atoms with Gasteiger partial charge in [0.15, 0.2) is 0 Å². The zero-order valence-electron chi connectivity index (χ0n) is 12.2. The van der Waals surface area contributed by atoms with Crippen LogP contribution < -0.4 is 16.0 Å². The number of rotatable bonds is 1. The molecule has 0 bridgehead atoms. The molecule has 1 aromatic rings. The third kappa shape index (κ3) is 2.21. The Labute approximate surface area is 125 Å². The lowest BCUT2D eigenvalue weighted by Crippen LogP contribution is -2.36. The van der Waals surface area contributed by atoms with Gasteiger partial charge in [0.1, 0.15) is 6.04 Å². The van der Waals surface area contributed by atoms with Crippen LogP contribution in [0.25, 0.3) is 0 Å². The van der Waals surface area contributed by atoms with E-state index < -0.39 is 6.04 Å². The van der Waals surface area contributed by atoms with Gasteiger partial charge < -0.3 is 16.0 Å². The number of anilines is 2. The highest BCUT2D eigenvalue weighted by Gasteiger charge is 2.30. The first-order valence-electron chi connectivity index (χ1n) is 7.92. The van der Waals surface area contributed by atoms with Crippen molar-refractivity contribution < 1.29 is 4.79 Å². The van der Waals surface area contributed by atoms with Gasteiger partial charge in [-0.15, -0.1) is 0 Å². The summed E-state index contributed by atoms with van der Waals surface area (Å²) in [5.41, 5.74) is 8.89. The number of hydrogen-bond acceptors (Lipinski definition) is 4. The molecule has 0 spiro atoms. The van der Waals surface area contributed by atoms with Crippen molar-refractivity contribution in [3.8, 4) is 0 Å². The number of amides is 1. The molecule has 3 aliphatic heterocycles. The minimum atomic E-state index is -0.511. The number of nitrogens with one attached hydrogen (secondary N) is 1. The molecule has 4 rings (SSSR count). The number of carbonyl (C=O) groups is 1. The van der Waals surface area contributed by atoms with Gasteiger partial charge in [-0.05, 0) is 37.9 Å². The van der Waals surface area contributed by atoms with Crippen molar-refractivity contribution >= 4 is 17.3 Å². The number of hydrogen-bond donors (Lipinski definition) is 2. The van der Waals surface area contributed by atoms with Gasteiger partial charge in [0.2, 0.25) is 5.91 Å². The quantitative estimate of drug-likeness (QED) is 0.817. The van der Waals surface area contributed by atoms with Crippen LogP contribution in [0.3, 0.4) is 0 Å². The second kappa shape index (κ2) is 5.00. The van der Waals surface area contributed by atoms with E-state index in [1.807, 2.05) is 6.07 Å². The van der Waals surface area contributed by atoms with Crippen molar-refractivity contribution in [3.05, 3.63) is 23.8 Å². The Hall–Kier alpha value is -1.59. The number of nitrogens with two attached hydrogens (primary N) is 1. The van der Waals surface area contributed by atoms with E-state index >= 15 is 0 Å². The van der Waals surface area contributed by atoms with Gasteiger partial charge >= 0.3 is 0 Å². The van der Waals surface area contributed by atoms with Crippen LogP contribution in [0, 0.1) is 0 Å². The third-order valence-corrected chi connectivity index (χ3v) is 5.08. The fourth-order valence-corrected chi connectivity index (χ4v) is 3.91. The number of nitrogens with zero attached hydrogens (tertiary/aromatic N) is 2. The van der Waals surface area contributed by atoms with Gasteiger partial charge in [0.05, 0.1) is 0 Å². The molecule has 112 valence electrons. The molecule has 0 aromatic heterocycles. The molecule has 2 unspecified atom stereocenters. The van der Waals surface area contributed by atoms with Crippen LogP contribution in [0.2, 0.25) is 0 Å². The minimum absolute atomic E-state index is 0.0972. The molecule has 1 amide bonds. The fraction of sp³-hybridized carbons (Fsp3) is 0.562. The van der Waals surface area contributed by atoms with Gasteiger partial charge in [-0.3, -0.25) is 9.69 Å². The molecule has 3 N–H and O–H groups in total. The molecule has 1 aromatic carbocycles. The average molecular weight is 286 g/mol. The molecule has 3 heterocycles. The average Bonchev–Trinajstić information content (AvgIpc) is 2.97. The Morgan fingerprint density at radius 1 is 1.19 bits per heavy atom. The maximum atomic E-state index is 11.7. The van der Waals surface area contributed by atoms with Gasteiger partial charge in [-0.25, -0.2) is 0 Å². The van der Waals surface area contributed by atoms with Crippen molar-refractivity contribution in [1.82, 2.24) is 4.90 Å². The summed E-state index contributed by atoms with van der Waals surface area (Å²) in [4.78, 5) is 16.8. The van der Waals surface area contributed by atoms with E-state index in [1.54, 1.807) is 0 Å². The molecule has 0 aliphatic carbocycles. The summed E-state index contributed by atoms with van der Waals surface area (Å²) in [5, 5.41) is 2.89. The first kappa shape index (κ1) is 13.1. The van der Waals surface area contributed by atoms with E-state index in [-0.39, 0.29) is 5.91 Å². The number of benzene rings is 1. The van der Waals surface area contributed by atoms with E-state index in [1.165, 1.54) is 38.0 Å². The Morgan fingerprint density at radius 3 is 2.95 bits per heavy atom. The molecule has 3 aliphatic rings. The standard InChI is InChI=1S/C16H22N4O/c17-15-13-5-4-11(9-14(13)18-16(15)21)20-8-2-7-19-6-1-3-12(19)10-20/h4-5,9,12,15H,1-3,6-8,10,17H2,(H,18,21). The second-order valence-corrected chi connectivity index (χ2v) is 6.37. The zero-order valence-corrected chi connectivity index (χ0v) is 12.2. The van der Waals surface area contributed by atoms with Crippen molar-refractivity contribution in [2.45, 2.75) is 31.3 Å². The highest BCUT2D eigenvalue weighted by atomic mass is 16.2. The molecule has 0 radical (unpaired) electrons.